The van der Waals surface area contributed by atoms with E-state index in [0.717, 1.165) is 11.4 Å². The number of thioether (sulfide) groups is 1. The van der Waals surface area contributed by atoms with Crippen molar-refractivity contribution in [1.29, 1.82) is 0 Å². The number of carbonyl (C=O) groups excluding carboxylic acids is 1. The number of aromatic nitrogens is 4. The van der Waals surface area contributed by atoms with Crippen molar-refractivity contribution < 1.29 is 9.53 Å². The largest absolute Gasteiger partial charge is 0.497 e. The second kappa shape index (κ2) is 7.94. The molecule has 0 saturated carbocycles. The first kappa shape index (κ1) is 17.2. The maximum absolute atomic E-state index is 11.7. The maximum atomic E-state index is 11.7. The number of Topliss-reactive ketones (excluding diaryl/α,β-unsaturated/α-hetero) is 1. The van der Waals surface area contributed by atoms with E-state index in [4.69, 9.17) is 4.74 Å². The quantitative estimate of drug-likeness (QED) is 0.606. The van der Waals surface area contributed by atoms with Crippen LogP contribution in [0.3, 0.4) is 0 Å². The van der Waals surface area contributed by atoms with Gasteiger partial charge in [0, 0.05) is 18.7 Å². The molecule has 0 radical (unpaired) electrons. The molecule has 25 heavy (non-hydrogen) atoms. The number of benzene rings is 1. The van der Waals surface area contributed by atoms with Crippen LogP contribution in [0.5, 0.6) is 5.75 Å². The minimum absolute atomic E-state index is 0.171. The molecule has 0 saturated heterocycles. The van der Waals surface area contributed by atoms with Gasteiger partial charge in [-0.15, -0.1) is 10.2 Å². The molecule has 0 atom stereocenters. The Kier molecular flexibility index (Phi) is 5.45. The number of rotatable bonds is 7. The van der Waals surface area contributed by atoms with Gasteiger partial charge in [-0.1, -0.05) is 30.8 Å². The van der Waals surface area contributed by atoms with Gasteiger partial charge in [0.05, 0.1) is 18.6 Å². The SMILES string of the molecule is CCC(=O)CSc1nnc(-c2ccccn2)n1-c1cccc(OC)c1. The van der Waals surface area contributed by atoms with Crippen LogP contribution in [0, 0.1) is 0 Å². The molecule has 6 nitrogen and oxygen atoms in total. The fraction of sp³-hybridized carbons (Fsp3) is 0.222. The standard InChI is InChI=1S/C18H18N4O2S/c1-3-14(23)12-25-18-21-20-17(16-9-4-5-10-19-16)22(18)13-7-6-8-15(11-13)24-2/h4-11H,3,12H2,1-2H3. The number of pyridine rings is 1. The van der Waals surface area contributed by atoms with Gasteiger partial charge < -0.3 is 4.74 Å². The Labute approximate surface area is 150 Å². The summed E-state index contributed by atoms with van der Waals surface area (Å²) in [6.07, 6.45) is 2.22. The topological polar surface area (TPSA) is 69.9 Å². The van der Waals surface area contributed by atoms with Gasteiger partial charge in [0.1, 0.15) is 17.2 Å². The van der Waals surface area contributed by atoms with Gasteiger partial charge in [0.25, 0.3) is 0 Å². The molecule has 7 heteroatoms. The van der Waals surface area contributed by atoms with Crippen molar-refractivity contribution >= 4 is 17.5 Å². The molecule has 0 unspecified atom stereocenters. The molecule has 0 aliphatic rings. The third-order valence-corrected chi connectivity index (χ3v) is 4.58. The van der Waals surface area contributed by atoms with E-state index in [1.54, 1.807) is 13.3 Å². The summed E-state index contributed by atoms with van der Waals surface area (Å²) in [6, 6.07) is 13.3. The summed E-state index contributed by atoms with van der Waals surface area (Å²) in [5.74, 6) is 1.89. The Morgan fingerprint density at radius 3 is 2.80 bits per heavy atom. The molecule has 3 aromatic rings. The Morgan fingerprint density at radius 1 is 1.20 bits per heavy atom. The summed E-state index contributed by atoms with van der Waals surface area (Å²) in [6.45, 7) is 1.86. The fourth-order valence-corrected chi connectivity index (χ4v) is 3.17. The number of nitrogens with zero attached hydrogens (tertiary/aromatic N) is 4. The number of methoxy groups -OCH3 is 1. The highest BCUT2D eigenvalue weighted by atomic mass is 32.2. The molecular formula is C18H18N4O2S. The van der Waals surface area contributed by atoms with Crippen molar-refractivity contribution in [3.8, 4) is 23.0 Å². The number of ether oxygens (including phenoxy) is 1. The van der Waals surface area contributed by atoms with Crippen LogP contribution in [0.4, 0.5) is 0 Å². The predicted molar refractivity (Wildman–Crippen MR) is 97.2 cm³/mol. The summed E-state index contributed by atoms with van der Waals surface area (Å²) in [7, 11) is 1.63. The van der Waals surface area contributed by atoms with Gasteiger partial charge >= 0.3 is 0 Å². The van der Waals surface area contributed by atoms with E-state index >= 15 is 0 Å². The van der Waals surface area contributed by atoms with Crippen molar-refractivity contribution in [3.63, 3.8) is 0 Å². The number of hydrogen-bond donors (Lipinski definition) is 0. The van der Waals surface area contributed by atoms with Gasteiger partial charge in [0.2, 0.25) is 0 Å². The number of ketones is 1. The highest BCUT2D eigenvalue weighted by Gasteiger charge is 2.18. The lowest BCUT2D eigenvalue weighted by atomic mass is 10.2. The van der Waals surface area contributed by atoms with Crippen molar-refractivity contribution in [1.82, 2.24) is 19.7 Å². The highest BCUT2D eigenvalue weighted by Crippen LogP contribution is 2.28. The van der Waals surface area contributed by atoms with Gasteiger partial charge in [-0.05, 0) is 24.3 Å². The van der Waals surface area contributed by atoms with Crippen molar-refractivity contribution in [2.24, 2.45) is 0 Å². The van der Waals surface area contributed by atoms with E-state index in [1.165, 1.54) is 11.8 Å². The average Bonchev–Trinajstić information content (AvgIpc) is 3.10. The maximum Gasteiger partial charge on any atom is 0.196 e. The Bertz CT molecular complexity index is 865. The molecule has 2 aromatic heterocycles. The Balaban J connectivity index is 2.07. The fourth-order valence-electron chi connectivity index (χ4n) is 2.25. The van der Waals surface area contributed by atoms with Crippen LogP contribution >= 0.6 is 11.8 Å². The van der Waals surface area contributed by atoms with Crippen LogP contribution in [0.2, 0.25) is 0 Å². The molecule has 2 heterocycles. The first-order chi connectivity index (χ1) is 12.2. The van der Waals surface area contributed by atoms with E-state index in [0.29, 0.717) is 28.8 Å². The van der Waals surface area contributed by atoms with Gasteiger partial charge in [0.15, 0.2) is 11.0 Å². The third kappa shape index (κ3) is 3.88. The molecule has 0 amide bonds. The lowest BCUT2D eigenvalue weighted by molar-refractivity contribution is -0.116. The highest BCUT2D eigenvalue weighted by molar-refractivity contribution is 7.99. The van der Waals surface area contributed by atoms with Crippen LogP contribution in [0.15, 0.2) is 53.8 Å². The molecule has 0 bridgehead atoms. The zero-order valence-electron chi connectivity index (χ0n) is 14.0. The van der Waals surface area contributed by atoms with Gasteiger partial charge in [-0.2, -0.15) is 0 Å². The Hall–Kier alpha value is -2.67. The zero-order valence-corrected chi connectivity index (χ0v) is 14.9. The molecule has 1 aromatic carbocycles. The van der Waals surface area contributed by atoms with E-state index < -0.39 is 0 Å². The van der Waals surface area contributed by atoms with Crippen LogP contribution < -0.4 is 4.74 Å². The van der Waals surface area contributed by atoms with Gasteiger partial charge in [-0.3, -0.25) is 14.3 Å². The summed E-state index contributed by atoms with van der Waals surface area (Å²) in [4.78, 5) is 16.1. The summed E-state index contributed by atoms with van der Waals surface area (Å²) < 4.78 is 7.22. The van der Waals surface area contributed by atoms with Crippen LogP contribution in [0.1, 0.15) is 13.3 Å². The minimum atomic E-state index is 0.171. The molecular weight excluding hydrogens is 336 g/mol. The van der Waals surface area contributed by atoms with Crippen LogP contribution in [-0.4, -0.2) is 38.4 Å². The van der Waals surface area contributed by atoms with E-state index in [2.05, 4.69) is 15.2 Å². The number of hydrogen-bond acceptors (Lipinski definition) is 6. The van der Waals surface area contributed by atoms with E-state index in [9.17, 15) is 4.79 Å². The summed E-state index contributed by atoms with van der Waals surface area (Å²) >= 11 is 1.37. The smallest absolute Gasteiger partial charge is 0.196 e. The average molecular weight is 354 g/mol. The van der Waals surface area contributed by atoms with Gasteiger partial charge in [-0.25, -0.2) is 0 Å². The van der Waals surface area contributed by atoms with Crippen molar-refractivity contribution in [2.75, 3.05) is 12.9 Å². The first-order valence-electron chi connectivity index (χ1n) is 7.88. The minimum Gasteiger partial charge on any atom is -0.497 e. The van der Waals surface area contributed by atoms with E-state index in [1.807, 2.05) is 54.0 Å². The molecule has 0 spiro atoms. The second-order valence-corrected chi connectivity index (χ2v) is 6.18. The van der Waals surface area contributed by atoms with E-state index in [-0.39, 0.29) is 5.78 Å². The van der Waals surface area contributed by atoms with Crippen molar-refractivity contribution in [3.05, 3.63) is 48.7 Å². The summed E-state index contributed by atoms with van der Waals surface area (Å²) in [5, 5.41) is 9.22. The molecule has 0 aliphatic carbocycles. The lowest BCUT2D eigenvalue weighted by Gasteiger charge is -2.11. The normalized spacial score (nSPS) is 10.6. The molecule has 128 valence electrons. The lowest BCUT2D eigenvalue weighted by Crippen LogP contribution is -2.04. The Morgan fingerprint density at radius 2 is 2.08 bits per heavy atom. The third-order valence-electron chi connectivity index (χ3n) is 3.60. The monoisotopic (exact) mass is 354 g/mol. The summed E-state index contributed by atoms with van der Waals surface area (Å²) in [5.41, 5.74) is 1.57. The second-order valence-electron chi connectivity index (χ2n) is 5.24. The first-order valence-corrected chi connectivity index (χ1v) is 8.87. The number of carbonyl (C=O) groups is 1. The van der Waals surface area contributed by atoms with Crippen molar-refractivity contribution in [2.45, 2.75) is 18.5 Å². The zero-order chi connectivity index (χ0) is 17.6. The molecule has 3 rings (SSSR count). The molecule has 0 fully saturated rings. The van der Waals surface area contributed by atoms with Crippen LogP contribution in [-0.2, 0) is 4.79 Å². The predicted octanol–water partition coefficient (Wildman–Crippen LogP) is 3.41. The molecule has 0 N–H and O–H groups in total. The molecule has 0 aliphatic heterocycles. The van der Waals surface area contributed by atoms with Crippen LogP contribution in [0.25, 0.3) is 17.2 Å².